The fraction of sp³-hybridized carbons (Fsp3) is 0. The molecule has 0 aromatic heterocycles. The predicted octanol–water partition coefficient (Wildman–Crippen LogP) is 5.83. The average molecular weight is 504 g/mol. The van der Waals surface area contributed by atoms with Gasteiger partial charge in [0.25, 0.3) is 0 Å². The first-order valence-corrected chi connectivity index (χ1v) is 14.1. The summed E-state index contributed by atoms with van der Waals surface area (Å²) in [6, 6.07) is 49.8. The number of benzene rings is 6. The Balaban J connectivity index is 1.35. The van der Waals surface area contributed by atoms with Crippen LogP contribution >= 0.6 is 0 Å². The topological polar surface area (TPSA) is 6.48 Å². The van der Waals surface area contributed by atoms with Gasteiger partial charge in [0, 0.05) is 45.0 Å². The van der Waals surface area contributed by atoms with Crippen LogP contribution < -0.4 is 31.5 Å². The lowest BCUT2D eigenvalue weighted by Crippen LogP contribution is -2.65. The van der Waals surface area contributed by atoms with Crippen LogP contribution in [0.1, 0.15) is 0 Å². The quantitative estimate of drug-likeness (QED) is 0.241. The minimum absolute atomic E-state index is 0.118. The molecule has 10 rings (SSSR count). The molecule has 0 bridgehead atoms. The van der Waals surface area contributed by atoms with Crippen molar-refractivity contribution in [1.29, 1.82) is 0 Å². The molecule has 0 amide bonds. The van der Waals surface area contributed by atoms with E-state index in [0.29, 0.717) is 0 Å². The van der Waals surface area contributed by atoms with Crippen molar-refractivity contribution in [3.8, 4) is 33.4 Å². The van der Waals surface area contributed by atoms with Gasteiger partial charge in [0.15, 0.2) is 0 Å². The molecular weight excluding hydrogens is 482 g/mol. The molecule has 4 aliphatic heterocycles. The van der Waals surface area contributed by atoms with Crippen LogP contribution in [0.15, 0.2) is 133 Å². The van der Waals surface area contributed by atoms with E-state index in [2.05, 4.69) is 143 Å². The summed E-state index contributed by atoms with van der Waals surface area (Å²) in [5.41, 5.74) is 18.7. The molecule has 0 fully saturated rings. The molecule has 0 N–H and O–H groups in total. The number of hydrogen-bond donors (Lipinski definition) is 0. The Morgan fingerprint density at radius 2 is 0.650 bits per heavy atom. The molecule has 4 aliphatic rings. The van der Waals surface area contributed by atoms with E-state index < -0.39 is 0 Å². The molecule has 0 radical (unpaired) electrons. The third-order valence-corrected chi connectivity index (χ3v) is 9.44. The Labute approximate surface area is 234 Å². The summed E-state index contributed by atoms with van der Waals surface area (Å²) in [6.45, 7) is 0.236. The van der Waals surface area contributed by atoms with Crippen LogP contribution in [0.4, 0.5) is 22.7 Å². The van der Waals surface area contributed by atoms with Crippen molar-refractivity contribution in [3.05, 3.63) is 133 Å². The van der Waals surface area contributed by atoms with Gasteiger partial charge in [-0.15, -0.1) is 0 Å². The van der Waals surface area contributed by atoms with Crippen molar-refractivity contribution >= 4 is 58.3 Å². The van der Waals surface area contributed by atoms with E-state index >= 15 is 0 Å². The average Bonchev–Trinajstić information content (AvgIpc) is 3.03. The first-order valence-electron chi connectivity index (χ1n) is 14.1. The molecule has 6 aromatic carbocycles. The second-order valence-electron chi connectivity index (χ2n) is 11.2. The predicted molar refractivity (Wildman–Crippen MR) is 170 cm³/mol. The van der Waals surface area contributed by atoms with Crippen LogP contribution in [0.3, 0.4) is 0 Å². The van der Waals surface area contributed by atoms with Gasteiger partial charge in [-0.25, -0.2) is 0 Å². The molecule has 4 heterocycles. The zero-order chi connectivity index (χ0) is 25.9. The van der Waals surface area contributed by atoms with E-state index in [0.717, 1.165) is 0 Å². The molecule has 0 spiro atoms. The third kappa shape index (κ3) is 2.40. The SMILES string of the molecule is c1ccc2c(c1)B1c3cccc4c3-c3c(cccc3N1c1ccccc1-2)B1c2ccccc2-c2ccccc2N14. The second kappa shape index (κ2) is 7.37. The molecule has 0 unspecified atom stereocenters. The number of rotatable bonds is 0. The number of hydrogen-bond acceptors (Lipinski definition) is 2. The van der Waals surface area contributed by atoms with Crippen molar-refractivity contribution in [1.82, 2.24) is 0 Å². The lowest BCUT2D eigenvalue weighted by atomic mass is 9.38. The summed E-state index contributed by atoms with van der Waals surface area (Å²) in [7, 11) is 0. The van der Waals surface area contributed by atoms with Crippen LogP contribution in [-0.2, 0) is 0 Å². The third-order valence-electron chi connectivity index (χ3n) is 9.44. The molecule has 2 nitrogen and oxygen atoms in total. The Morgan fingerprint density at radius 1 is 0.300 bits per heavy atom. The summed E-state index contributed by atoms with van der Waals surface area (Å²) in [6.07, 6.45) is 0. The monoisotopic (exact) mass is 504 g/mol. The minimum atomic E-state index is 0.118. The van der Waals surface area contributed by atoms with E-state index in [-0.39, 0.29) is 13.7 Å². The molecule has 0 aliphatic carbocycles. The van der Waals surface area contributed by atoms with Gasteiger partial charge in [-0.05, 0) is 57.2 Å². The highest BCUT2D eigenvalue weighted by atomic mass is 15.1. The molecule has 0 saturated carbocycles. The molecule has 182 valence electrons. The Bertz CT molecular complexity index is 1780. The van der Waals surface area contributed by atoms with Gasteiger partial charge < -0.3 is 9.62 Å². The molecular formula is C36H22B2N2. The van der Waals surface area contributed by atoms with Gasteiger partial charge >= 0.3 is 13.7 Å². The highest BCUT2D eigenvalue weighted by molar-refractivity contribution is 6.96. The Hall–Kier alpha value is -4.95. The zero-order valence-electron chi connectivity index (χ0n) is 21.8. The lowest BCUT2D eigenvalue weighted by Gasteiger charge is -2.49. The van der Waals surface area contributed by atoms with Crippen LogP contribution in [0, 0.1) is 0 Å². The smallest absolute Gasteiger partial charge is 0.329 e. The fourth-order valence-electron chi connectivity index (χ4n) is 8.01. The first kappa shape index (κ1) is 20.9. The van der Waals surface area contributed by atoms with Gasteiger partial charge in [-0.1, -0.05) is 109 Å². The summed E-state index contributed by atoms with van der Waals surface area (Å²) in [5.74, 6) is 0. The highest BCUT2D eigenvalue weighted by Gasteiger charge is 2.49. The van der Waals surface area contributed by atoms with Gasteiger partial charge in [-0.3, -0.25) is 0 Å². The van der Waals surface area contributed by atoms with Crippen LogP contribution in [0.2, 0.25) is 0 Å². The zero-order valence-corrected chi connectivity index (χ0v) is 21.8. The normalized spacial score (nSPS) is 14.3. The van der Waals surface area contributed by atoms with Crippen molar-refractivity contribution in [3.63, 3.8) is 0 Å². The van der Waals surface area contributed by atoms with E-state index in [1.165, 1.54) is 78.0 Å². The van der Waals surface area contributed by atoms with Gasteiger partial charge in [0.05, 0.1) is 0 Å². The fourth-order valence-corrected chi connectivity index (χ4v) is 8.01. The molecule has 4 heteroatoms. The van der Waals surface area contributed by atoms with E-state index in [1.54, 1.807) is 0 Å². The van der Waals surface area contributed by atoms with Crippen molar-refractivity contribution < 1.29 is 0 Å². The summed E-state index contributed by atoms with van der Waals surface area (Å²) >= 11 is 0. The lowest BCUT2D eigenvalue weighted by molar-refractivity contribution is 1.31. The van der Waals surface area contributed by atoms with Gasteiger partial charge in [0.1, 0.15) is 0 Å². The molecule has 0 saturated heterocycles. The van der Waals surface area contributed by atoms with E-state index in [1.807, 2.05) is 0 Å². The van der Waals surface area contributed by atoms with Gasteiger partial charge in [-0.2, -0.15) is 0 Å². The standard InChI is InChI=1S/C36H22B2N2/c1-5-15-27-23(11-1)25-13-3-7-19-31(25)39-33-21-10-18-30-36(33)35-29(37(27)39)17-9-22-34(35)40-32-20-8-4-14-26(32)24-12-2-6-16-28(24)38(30)40/h1-22H. The van der Waals surface area contributed by atoms with Crippen LogP contribution in [-0.4, -0.2) is 13.7 Å². The Morgan fingerprint density at radius 3 is 1.12 bits per heavy atom. The summed E-state index contributed by atoms with van der Waals surface area (Å²) in [5, 5.41) is 0. The Kier molecular flexibility index (Phi) is 3.86. The van der Waals surface area contributed by atoms with Crippen molar-refractivity contribution in [2.75, 3.05) is 9.62 Å². The van der Waals surface area contributed by atoms with Crippen molar-refractivity contribution in [2.45, 2.75) is 0 Å². The summed E-state index contributed by atoms with van der Waals surface area (Å²) < 4.78 is 0. The van der Waals surface area contributed by atoms with E-state index in [9.17, 15) is 0 Å². The maximum Gasteiger partial charge on any atom is 0.329 e. The van der Waals surface area contributed by atoms with Crippen LogP contribution in [0.5, 0.6) is 0 Å². The summed E-state index contributed by atoms with van der Waals surface area (Å²) in [4.78, 5) is 5.22. The molecule has 0 atom stereocenters. The second-order valence-corrected chi connectivity index (χ2v) is 11.2. The first-order chi connectivity index (χ1) is 19.9. The maximum absolute atomic E-state index is 2.61. The number of nitrogens with zero attached hydrogens (tertiary/aromatic N) is 2. The van der Waals surface area contributed by atoms with Gasteiger partial charge in [0.2, 0.25) is 0 Å². The molecule has 6 aromatic rings. The number of fused-ring (bicyclic) bond motifs is 16. The van der Waals surface area contributed by atoms with E-state index in [4.69, 9.17) is 0 Å². The van der Waals surface area contributed by atoms with Crippen LogP contribution in [0.25, 0.3) is 33.4 Å². The number of anilines is 4. The molecule has 40 heavy (non-hydrogen) atoms. The number of para-hydroxylation sites is 2. The largest absolute Gasteiger partial charge is 0.376 e. The highest BCUT2D eigenvalue weighted by Crippen LogP contribution is 2.51. The van der Waals surface area contributed by atoms with Crippen molar-refractivity contribution in [2.24, 2.45) is 0 Å². The maximum atomic E-state index is 2.61. The minimum Gasteiger partial charge on any atom is -0.376 e.